The van der Waals surface area contributed by atoms with Crippen LogP contribution in [0.25, 0.3) is 0 Å². The lowest BCUT2D eigenvalue weighted by Gasteiger charge is -2.24. The Hall–Kier alpha value is -1.14. The molecule has 24 heavy (non-hydrogen) atoms. The Morgan fingerprint density at radius 3 is 2.46 bits per heavy atom. The summed E-state index contributed by atoms with van der Waals surface area (Å²) in [6.07, 6.45) is 0. The second-order valence-electron chi connectivity index (χ2n) is 5.72. The second-order valence-corrected chi connectivity index (χ2v) is 8.45. The molecule has 0 radical (unpaired) electrons. The highest BCUT2D eigenvalue weighted by atomic mass is 35.5. The average Bonchev–Trinajstić information content (AvgIpc) is 3.10. The number of nitrogens with two attached hydrogens (primary N) is 1. The fourth-order valence-electron chi connectivity index (χ4n) is 2.49. The molecular weight excluding hydrogens is 360 g/mol. The van der Waals surface area contributed by atoms with Crippen LogP contribution in [0.3, 0.4) is 0 Å². The third-order valence-corrected chi connectivity index (χ3v) is 6.99. The van der Waals surface area contributed by atoms with Crippen molar-refractivity contribution in [2.75, 3.05) is 16.8 Å². The van der Waals surface area contributed by atoms with Crippen molar-refractivity contribution in [1.29, 1.82) is 0 Å². The molecule has 1 amide bonds. The van der Waals surface area contributed by atoms with Crippen molar-refractivity contribution in [1.82, 2.24) is 0 Å². The molecule has 1 unspecified atom stereocenters. The van der Waals surface area contributed by atoms with E-state index >= 15 is 0 Å². The molecule has 0 bridgehead atoms. The Morgan fingerprint density at radius 1 is 1.12 bits per heavy atom. The average molecular weight is 381 g/mol. The lowest BCUT2D eigenvalue weighted by molar-refractivity contribution is -0.120. The van der Waals surface area contributed by atoms with Gasteiger partial charge < -0.3 is 11.1 Å². The number of carbonyl (C=O) groups excluding carboxylic acids is 1. The number of amides is 1. The molecule has 0 spiro atoms. The maximum atomic E-state index is 12.6. The number of nitrogens with one attached hydrogen (secondary N) is 1. The number of carbonyl (C=O) groups is 1. The molecule has 1 fully saturated rings. The van der Waals surface area contributed by atoms with E-state index in [0.717, 1.165) is 11.3 Å². The zero-order valence-corrected chi connectivity index (χ0v) is 15.8. The molecule has 0 aliphatic carbocycles. The molecule has 2 aromatic carbocycles. The van der Waals surface area contributed by atoms with Crippen molar-refractivity contribution in [3.05, 3.63) is 65.7 Å². The second kappa shape index (κ2) is 8.30. The van der Waals surface area contributed by atoms with E-state index in [1.165, 1.54) is 17.1 Å². The molecule has 1 saturated heterocycles. The van der Waals surface area contributed by atoms with Gasteiger partial charge in [-0.1, -0.05) is 42.5 Å². The van der Waals surface area contributed by atoms with E-state index in [-0.39, 0.29) is 18.3 Å². The first-order valence-corrected chi connectivity index (χ1v) is 9.66. The van der Waals surface area contributed by atoms with Gasteiger partial charge in [-0.05, 0) is 30.2 Å². The fourth-order valence-corrected chi connectivity index (χ4v) is 5.33. The van der Waals surface area contributed by atoms with Crippen LogP contribution in [-0.2, 0) is 10.3 Å². The molecule has 1 atom stereocenters. The molecule has 0 saturated carbocycles. The van der Waals surface area contributed by atoms with Crippen LogP contribution in [0.4, 0.5) is 5.69 Å². The summed E-state index contributed by atoms with van der Waals surface area (Å²) >= 11 is 3.90. The van der Waals surface area contributed by atoms with Crippen LogP contribution in [0.5, 0.6) is 0 Å². The number of halogens is 1. The smallest absolute Gasteiger partial charge is 0.248 e. The number of anilines is 1. The number of benzene rings is 2. The molecular formula is C18H21ClN2OS2. The van der Waals surface area contributed by atoms with Crippen LogP contribution in [-0.4, -0.2) is 17.4 Å². The summed E-state index contributed by atoms with van der Waals surface area (Å²) in [7, 11) is 0. The minimum absolute atomic E-state index is 0. The van der Waals surface area contributed by atoms with Gasteiger partial charge >= 0.3 is 0 Å². The van der Waals surface area contributed by atoms with Gasteiger partial charge in [0.05, 0.1) is 4.58 Å². The Labute approximate surface area is 157 Å². The van der Waals surface area contributed by atoms with Crippen LogP contribution < -0.4 is 11.1 Å². The van der Waals surface area contributed by atoms with E-state index in [2.05, 4.69) is 17.4 Å². The molecule has 6 heteroatoms. The molecule has 1 aliphatic heterocycles. The third-order valence-electron chi connectivity index (χ3n) is 3.88. The normalized spacial score (nSPS) is 16.9. The molecule has 3 rings (SSSR count). The minimum atomic E-state index is -1.06. The summed E-state index contributed by atoms with van der Waals surface area (Å²) in [5.74, 6) is 2.16. The first-order valence-electron chi connectivity index (χ1n) is 7.56. The number of rotatable bonds is 4. The van der Waals surface area contributed by atoms with Crippen molar-refractivity contribution < 1.29 is 4.79 Å². The van der Waals surface area contributed by atoms with Crippen LogP contribution in [0.2, 0.25) is 0 Å². The van der Waals surface area contributed by atoms with Gasteiger partial charge in [0.2, 0.25) is 5.91 Å². The van der Waals surface area contributed by atoms with E-state index in [1.54, 1.807) is 6.92 Å². The van der Waals surface area contributed by atoms with Crippen LogP contribution in [0, 0.1) is 0 Å². The van der Waals surface area contributed by atoms with E-state index < -0.39 is 5.54 Å². The number of thioether (sulfide) groups is 2. The van der Waals surface area contributed by atoms with Crippen LogP contribution in [0.15, 0.2) is 54.6 Å². The predicted molar refractivity (Wildman–Crippen MR) is 108 cm³/mol. The Morgan fingerprint density at radius 2 is 1.79 bits per heavy atom. The monoisotopic (exact) mass is 380 g/mol. The van der Waals surface area contributed by atoms with Gasteiger partial charge in [0, 0.05) is 17.2 Å². The first-order chi connectivity index (χ1) is 11.1. The summed E-state index contributed by atoms with van der Waals surface area (Å²) in [6, 6.07) is 17.5. The van der Waals surface area contributed by atoms with Gasteiger partial charge in [-0.15, -0.1) is 35.9 Å². The summed E-state index contributed by atoms with van der Waals surface area (Å²) < 4.78 is 0.463. The zero-order chi connectivity index (χ0) is 16.3. The molecule has 0 aromatic heterocycles. The molecule has 1 heterocycles. The van der Waals surface area contributed by atoms with E-state index in [1.807, 2.05) is 66.0 Å². The zero-order valence-electron chi connectivity index (χ0n) is 13.4. The van der Waals surface area contributed by atoms with Crippen LogP contribution >= 0.6 is 35.9 Å². The van der Waals surface area contributed by atoms with Gasteiger partial charge in [-0.25, -0.2) is 0 Å². The molecule has 3 N–H and O–H groups in total. The van der Waals surface area contributed by atoms with Gasteiger partial charge in [0.1, 0.15) is 5.54 Å². The quantitative estimate of drug-likeness (QED) is 0.825. The standard InChI is InChI=1S/C18H20N2OS2.ClH/c1-18(19,14-7-3-2-4-8-14)17(21)20-15-9-5-6-13(12-15)16-22-10-11-23-16;/h2-9,12,16H,10-11,19H2,1H3,(H,20,21);1H. The molecule has 128 valence electrons. The van der Waals surface area contributed by atoms with Crippen molar-refractivity contribution in [2.24, 2.45) is 5.73 Å². The largest absolute Gasteiger partial charge is 0.324 e. The minimum Gasteiger partial charge on any atom is -0.324 e. The van der Waals surface area contributed by atoms with Gasteiger partial charge in [0.25, 0.3) is 0 Å². The number of hydrogen-bond acceptors (Lipinski definition) is 4. The Bertz CT molecular complexity index is 688. The van der Waals surface area contributed by atoms with Gasteiger partial charge in [-0.3, -0.25) is 4.79 Å². The van der Waals surface area contributed by atoms with Gasteiger partial charge in [0.15, 0.2) is 0 Å². The third kappa shape index (κ3) is 4.28. The SMILES string of the molecule is CC(N)(C(=O)Nc1cccc(C2SCCS2)c1)c1ccccc1.Cl. The van der Waals surface area contributed by atoms with E-state index in [0.29, 0.717) is 4.58 Å². The lowest BCUT2D eigenvalue weighted by atomic mass is 9.92. The fraction of sp³-hybridized carbons (Fsp3) is 0.278. The molecule has 1 aliphatic rings. The van der Waals surface area contributed by atoms with E-state index in [9.17, 15) is 4.79 Å². The van der Waals surface area contributed by atoms with Crippen molar-refractivity contribution in [3.63, 3.8) is 0 Å². The summed E-state index contributed by atoms with van der Waals surface area (Å²) in [4.78, 5) is 12.6. The molecule has 2 aromatic rings. The highest BCUT2D eigenvalue weighted by Crippen LogP contribution is 2.45. The van der Waals surface area contributed by atoms with Crippen molar-refractivity contribution in [2.45, 2.75) is 17.0 Å². The van der Waals surface area contributed by atoms with Gasteiger partial charge in [-0.2, -0.15) is 0 Å². The lowest BCUT2D eigenvalue weighted by Crippen LogP contribution is -2.45. The predicted octanol–water partition coefficient (Wildman–Crippen LogP) is 4.40. The molecule has 3 nitrogen and oxygen atoms in total. The first kappa shape index (κ1) is 19.2. The van der Waals surface area contributed by atoms with E-state index in [4.69, 9.17) is 5.73 Å². The summed E-state index contributed by atoms with van der Waals surface area (Å²) in [5.41, 5.74) is 8.05. The Balaban J connectivity index is 0.00000208. The Kier molecular flexibility index (Phi) is 6.63. The maximum Gasteiger partial charge on any atom is 0.248 e. The highest BCUT2D eigenvalue weighted by molar-refractivity contribution is 8.19. The maximum absolute atomic E-state index is 12.6. The van der Waals surface area contributed by atoms with Crippen molar-refractivity contribution in [3.8, 4) is 0 Å². The number of hydrogen-bond donors (Lipinski definition) is 2. The summed E-state index contributed by atoms with van der Waals surface area (Å²) in [6.45, 7) is 1.74. The highest BCUT2D eigenvalue weighted by Gasteiger charge is 2.30. The van der Waals surface area contributed by atoms with Crippen LogP contribution in [0.1, 0.15) is 22.6 Å². The van der Waals surface area contributed by atoms with Crippen molar-refractivity contribution >= 4 is 47.5 Å². The topological polar surface area (TPSA) is 55.1 Å². The summed E-state index contributed by atoms with van der Waals surface area (Å²) in [5, 5.41) is 2.96.